The van der Waals surface area contributed by atoms with Gasteiger partial charge in [-0.2, -0.15) is 9.97 Å². The Bertz CT molecular complexity index is 1220. The van der Waals surface area contributed by atoms with Crippen molar-refractivity contribution in [2.24, 2.45) is 0 Å². The van der Waals surface area contributed by atoms with Gasteiger partial charge in [0.2, 0.25) is 11.8 Å². The highest BCUT2D eigenvalue weighted by Gasteiger charge is 2.16. The molecule has 0 spiro atoms. The minimum Gasteiger partial charge on any atom is -0.439 e. The molecule has 32 heavy (non-hydrogen) atoms. The second-order valence-corrected chi connectivity index (χ2v) is 10.1. The van der Waals surface area contributed by atoms with E-state index in [1.807, 2.05) is 55.5 Å². The summed E-state index contributed by atoms with van der Waals surface area (Å²) in [6, 6.07) is 17.1. The van der Waals surface area contributed by atoms with E-state index in [-0.39, 0.29) is 4.75 Å². The van der Waals surface area contributed by atoms with Gasteiger partial charge in [0.15, 0.2) is 11.0 Å². The van der Waals surface area contributed by atoms with Gasteiger partial charge in [0.25, 0.3) is 0 Å². The topological polar surface area (TPSA) is 115 Å². The Kier molecular flexibility index (Phi) is 6.00. The number of H-pyrrole nitrogens is 1. The summed E-state index contributed by atoms with van der Waals surface area (Å²) in [7, 11) is 0. The second kappa shape index (κ2) is 8.88. The molecule has 2 aromatic carbocycles. The molecule has 4 aromatic rings. The third kappa shape index (κ3) is 5.76. The summed E-state index contributed by atoms with van der Waals surface area (Å²) in [4.78, 5) is 13.3. The largest absolute Gasteiger partial charge is 0.439 e. The average molecular weight is 448 g/mol. The molecule has 4 N–H and O–H groups in total. The third-order valence-electron chi connectivity index (χ3n) is 4.21. The number of hydrogen-bond acceptors (Lipinski definition) is 8. The molecule has 164 valence electrons. The summed E-state index contributed by atoms with van der Waals surface area (Å²) < 4.78 is 5.87. The predicted molar refractivity (Wildman–Crippen MR) is 128 cm³/mol. The Labute approximate surface area is 191 Å². The first-order valence-corrected chi connectivity index (χ1v) is 10.9. The molecule has 4 rings (SSSR count). The Morgan fingerprint density at radius 1 is 1.00 bits per heavy atom. The van der Waals surface area contributed by atoms with E-state index in [4.69, 9.17) is 10.5 Å². The number of aryl methyl sites for hydroxylation is 1. The second-order valence-electron chi connectivity index (χ2n) is 8.26. The number of rotatable bonds is 6. The molecule has 0 bridgehead atoms. The summed E-state index contributed by atoms with van der Waals surface area (Å²) in [5, 5.41) is 11.0. The van der Waals surface area contributed by atoms with Gasteiger partial charge in [-0.25, -0.2) is 4.98 Å². The van der Waals surface area contributed by atoms with Crippen LogP contribution in [0.3, 0.4) is 0 Å². The molecular formula is C23H25N7OS. The fourth-order valence-corrected chi connectivity index (χ4v) is 3.73. The Balaban J connectivity index is 1.45. The number of aromatic amines is 1. The number of nitrogens with one attached hydrogen (secondary N) is 2. The zero-order valence-electron chi connectivity index (χ0n) is 18.4. The van der Waals surface area contributed by atoms with Gasteiger partial charge >= 0.3 is 0 Å². The SMILES string of the molecule is Cc1cccc(Nc2n[nH]c(-c3ccc(Oc4cc(N)nc(SC(C)(C)C)n4)cc3)n2)c1. The van der Waals surface area contributed by atoms with Crippen molar-refractivity contribution in [1.82, 2.24) is 25.1 Å². The van der Waals surface area contributed by atoms with E-state index in [1.54, 1.807) is 6.07 Å². The zero-order chi connectivity index (χ0) is 22.7. The monoisotopic (exact) mass is 447 g/mol. The predicted octanol–water partition coefficient (Wildman–Crippen LogP) is 5.58. The van der Waals surface area contributed by atoms with Crippen molar-refractivity contribution in [2.75, 3.05) is 11.1 Å². The van der Waals surface area contributed by atoms with Crippen molar-refractivity contribution in [3.05, 3.63) is 60.2 Å². The number of nitrogens with two attached hydrogens (primary N) is 1. The summed E-state index contributed by atoms with van der Waals surface area (Å²) in [5.74, 6) is 2.57. The average Bonchev–Trinajstić information content (AvgIpc) is 3.15. The minimum absolute atomic E-state index is 0.0309. The lowest BCUT2D eigenvalue weighted by Crippen LogP contribution is -2.09. The van der Waals surface area contributed by atoms with Crippen LogP contribution in [-0.4, -0.2) is 29.9 Å². The summed E-state index contributed by atoms with van der Waals surface area (Å²) >= 11 is 1.54. The first kappa shape index (κ1) is 21.6. The molecule has 0 atom stereocenters. The van der Waals surface area contributed by atoms with E-state index in [2.05, 4.69) is 51.2 Å². The minimum atomic E-state index is -0.0309. The Morgan fingerprint density at radius 2 is 1.78 bits per heavy atom. The van der Waals surface area contributed by atoms with Crippen LogP contribution in [0, 0.1) is 6.92 Å². The van der Waals surface area contributed by atoms with Gasteiger partial charge in [0.05, 0.1) is 0 Å². The molecule has 0 amide bonds. The molecular weight excluding hydrogens is 422 g/mol. The molecule has 0 saturated carbocycles. The maximum atomic E-state index is 5.93. The molecule has 2 heterocycles. The number of aromatic nitrogens is 5. The normalized spacial score (nSPS) is 11.4. The Hall–Kier alpha value is -3.59. The molecule has 0 aliphatic rings. The first-order valence-electron chi connectivity index (χ1n) is 10.1. The highest BCUT2D eigenvalue weighted by Crippen LogP contribution is 2.32. The molecule has 0 saturated heterocycles. The van der Waals surface area contributed by atoms with Crippen molar-refractivity contribution in [2.45, 2.75) is 37.6 Å². The quantitative estimate of drug-likeness (QED) is 0.259. The number of hydrogen-bond donors (Lipinski definition) is 3. The van der Waals surface area contributed by atoms with E-state index in [0.717, 1.165) is 16.8 Å². The number of thioether (sulfide) groups is 1. The van der Waals surface area contributed by atoms with E-state index in [0.29, 0.717) is 34.4 Å². The highest BCUT2D eigenvalue weighted by molar-refractivity contribution is 8.00. The van der Waals surface area contributed by atoms with Crippen molar-refractivity contribution in [3.63, 3.8) is 0 Å². The van der Waals surface area contributed by atoms with Gasteiger partial charge in [-0.3, -0.25) is 5.10 Å². The summed E-state index contributed by atoms with van der Waals surface area (Å²) in [6.07, 6.45) is 0. The lowest BCUT2D eigenvalue weighted by molar-refractivity contribution is 0.456. The van der Waals surface area contributed by atoms with Crippen LogP contribution >= 0.6 is 11.8 Å². The van der Waals surface area contributed by atoms with Crippen LogP contribution in [0.1, 0.15) is 26.3 Å². The Morgan fingerprint density at radius 3 is 2.50 bits per heavy atom. The number of ether oxygens (including phenoxy) is 1. The highest BCUT2D eigenvalue weighted by atomic mass is 32.2. The smallest absolute Gasteiger partial charge is 0.246 e. The molecule has 9 heteroatoms. The van der Waals surface area contributed by atoms with Crippen molar-refractivity contribution >= 4 is 29.2 Å². The van der Waals surface area contributed by atoms with E-state index < -0.39 is 0 Å². The molecule has 0 aliphatic heterocycles. The van der Waals surface area contributed by atoms with Crippen molar-refractivity contribution in [1.29, 1.82) is 0 Å². The standard InChI is InChI=1S/C23H25N7OS/c1-14-6-5-7-16(12-14)25-21-28-20(29-30-21)15-8-10-17(11-9-15)31-19-13-18(24)26-22(27-19)32-23(2,3)4/h5-13H,1-4H3,(H2,24,26,27)(H2,25,28,29,30). The maximum absolute atomic E-state index is 5.93. The van der Waals surface area contributed by atoms with Crippen LogP contribution in [0.15, 0.2) is 59.8 Å². The van der Waals surface area contributed by atoms with Crippen molar-refractivity contribution in [3.8, 4) is 23.0 Å². The van der Waals surface area contributed by atoms with E-state index >= 15 is 0 Å². The molecule has 0 unspecified atom stereocenters. The van der Waals surface area contributed by atoms with Crippen LogP contribution in [0.5, 0.6) is 11.6 Å². The number of benzene rings is 2. The van der Waals surface area contributed by atoms with Crippen LogP contribution in [0.4, 0.5) is 17.5 Å². The molecule has 0 fully saturated rings. The van der Waals surface area contributed by atoms with Gasteiger partial charge in [0, 0.05) is 22.1 Å². The van der Waals surface area contributed by atoms with Gasteiger partial charge in [-0.1, -0.05) is 44.7 Å². The van der Waals surface area contributed by atoms with Crippen LogP contribution in [0.2, 0.25) is 0 Å². The summed E-state index contributed by atoms with van der Waals surface area (Å²) in [5.41, 5.74) is 8.91. The molecule has 8 nitrogen and oxygen atoms in total. The van der Waals surface area contributed by atoms with Gasteiger partial charge in [0.1, 0.15) is 11.6 Å². The number of nitrogens with zero attached hydrogens (tertiary/aromatic N) is 4. The lowest BCUT2D eigenvalue weighted by Gasteiger charge is -2.16. The van der Waals surface area contributed by atoms with Gasteiger partial charge < -0.3 is 15.8 Å². The molecule has 0 aliphatic carbocycles. The molecule has 2 aromatic heterocycles. The first-order chi connectivity index (χ1) is 15.2. The lowest BCUT2D eigenvalue weighted by atomic mass is 10.2. The van der Waals surface area contributed by atoms with Crippen LogP contribution < -0.4 is 15.8 Å². The fourth-order valence-electron chi connectivity index (χ4n) is 2.89. The third-order valence-corrected chi connectivity index (χ3v) is 5.19. The van der Waals surface area contributed by atoms with Crippen LogP contribution in [-0.2, 0) is 0 Å². The number of nitrogen functional groups attached to an aromatic ring is 1. The molecule has 0 radical (unpaired) electrons. The van der Waals surface area contributed by atoms with Crippen LogP contribution in [0.25, 0.3) is 11.4 Å². The van der Waals surface area contributed by atoms with Crippen molar-refractivity contribution < 1.29 is 4.74 Å². The maximum Gasteiger partial charge on any atom is 0.246 e. The van der Waals surface area contributed by atoms with Gasteiger partial charge in [-0.15, -0.1) is 5.10 Å². The number of anilines is 3. The van der Waals surface area contributed by atoms with E-state index in [9.17, 15) is 0 Å². The van der Waals surface area contributed by atoms with Gasteiger partial charge in [-0.05, 0) is 48.9 Å². The fraction of sp³-hybridized carbons (Fsp3) is 0.217. The zero-order valence-corrected chi connectivity index (χ0v) is 19.2. The van der Waals surface area contributed by atoms with E-state index in [1.165, 1.54) is 11.8 Å². The summed E-state index contributed by atoms with van der Waals surface area (Å²) in [6.45, 7) is 8.32.